The van der Waals surface area contributed by atoms with E-state index < -0.39 is 16.6 Å². The first-order chi connectivity index (χ1) is 17.1. The molecular formula is C31H56O3Si2. The quantitative estimate of drug-likeness (QED) is 0.208. The number of rotatable bonds is 10. The van der Waals surface area contributed by atoms with Gasteiger partial charge in [-0.15, -0.1) is 0 Å². The molecule has 0 bridgehead atoms. The van der Waals surface area contributed by atoms with E-state index in [9.17, 15) is 4.79 Å². The van der Waals surface area contributed by atoms with Gasteiger partial charge in [-0.1, -0.05) is 67.0 Å². The van der Waals surface area contributed by atoms with Crippen LogP contribution in [-0.2, 0) is 13.6 Å². The molecule has 0 spiro atoms. The third-order valence-corrected chi connectivity index (χ3v) is 21.9. The fourth-order valence-electron chi connectivity index (χ4n) is 9.34. The average Bonchev–Trinajstić information content (AvgIpc) is 3.20. The van der Waals surface area contributed by atoms with Crippen LogP contribution in [0.2, 0.25) is 36.3 Å². The van der Waals surface area contributed by atoms with Crippen molar-refractivity contribution in [2.24, 2.45) is 28.6 Å². The molecule has 3 fully saturated rings. The SMILES string of the molecule is CC[Si](CC)(CC)OC1CC2=CC[C@@H]3[C@@H](CC[C@]4(C)C(=O)CC[C@@H]34)[C@@]2(C)C(O[Si](CC)(CC)CC)C1. The first kappa shape index (κ1) is 28.8. The van der Waals surface area contributed by atoms with E-state index in [4.69, 9.17) is 8.85 Å². The highest BCUT2D eigenvalue weighted by Gasteiger charge is 2.61. The van der Waals surface area contributed by atoms with Gasteiger partial charge in [-0.3, -0.25) is 4.79 Å². The summed E-state index contributed by atoms with van der Waals surface area (Å²) < 4.78 is 14.7. The molecule has 4 aliphatic carbocycles. The average molecular weight is 533 g/mol. The zero-order valence-electron chi connectivity index (χ0n) is 24.9. The highest BCUT2D eigenvalue weighted by Crippen LogP contribution is 2.65. The Hall–Kier alpha value is -0.236. The second-order valence-corrected chi connectivity index (χ2v) is 22.8. The van der Waals surface area contributed by atoms with Crippen molar-refractivity contribution in [3.05, 3.63) is 11.6 Å². The summed E-state index contributed by atoms with van der Waals surface area (Å²) in [6.07, 6.45) is 10.7. The summed E-state index contributed by atoms with van der Waals surface area (Å²) in [6, 6.07) is 7.27. The predicted octanol–water partition coefficient (Wildman–Crippen LogP) is 8.91. The third kappa shape index (κ3) is 4.50. The molecule has 4 rings (SSSR count). The number of fused-ring (bicyclic) bond motifs is 5. The first-order valence-corrected chi connectivity index (χ1v) is 20.7. The number of allylic oxidation sites excluding steroid dienone is 1. The van der Waals surface area contributed by atoms with Crippen LogP contribution in [0.3, 0.4) is 0 Å². The molecule has 4 aliphatic rings. The van der Waals surface area contributed by atoms with Crippen LogP contribution in [0.5, 0.6) is 0 Å². The Labute approximate surface area is 224 Å². The van der Waals surface area contributed by atoms with Crippen molar-refractivity contribution in [2.45, 2.75) is 149 Å². The molecule has 0 N–H and O–H groups in total. The molecule has 0 amide bonds. The highest BCUT2D eigenvalue weighted by atomic mass is 28.4. The van der Waals surface area contributed by atoms with Crippen LogP contribution < -0.4 is 0 Å². The Balaban J connectivity index is 1.71. The Morgan fingerprint density at radius 1 is 0.861 bits per heavy atom. The van der Waals surface area contributed by atoms with Crippen LogP contribution in [0, 0.1) is 28.6 Å². The summed E-state index contributed by atoms with van der Waals surface area (Å²) in [6.45, 7) is 19.1. The lowest BCUT2D eigenvalue weighted by molar-refractivity contribution is -0.134. The molecule has 0 aromatic heterocycles. The molecule has 5 heteroatoms. The standard InChI is InChI=1S/C31H56O3Si2/c1-9-35(10-2,11-3)33-24-21-23-15-16-25-26-17-18-28(32)30(26,7)20-19-27(25)31(23,8)29(22-24)34-36(12-4,13-5)14-6/h15,24-27,29H,9-14,16-22H2,1-8H3/t24?,25-,26-,27+,29?,30-,31-/m0/s1. The second-order valence-electron chi connectivity index (χ2n) is 13.3. The third-order valence-electron chi connectivity index (χ3n) is 12.5. The molecule has 0 aromatic carbocycles. The van der Waals surface area contributed by atoms with Crippen molar-refractivity contribution in [1.29, 1.82) is 0 Å². The normalized spacial score (nSPS) is 38.8. The summed E-state index contributed by atoms with van der Waals surface area (Å²) in [5, 5.41) is 0. The predicted molar refractivity (Wildman–Crippen MR) is 156 cm³/mol. The van der Waals surface area contributed by atoms with Gasteiger partial charge in [-0.25, -0.2) is 0 Å². The molecular weight excluding hydrogens is 477 g/mol. The van der Waals surface area contributed by atoms with Gasteiger partial charge >= 0.3 is 0 Å². The lowest BCUT2D eigenvalue weighted by atomic mass is 9.47. The summed E-state index contributed by atoms with van der Waals surface area (Å²) in [5.41, 5.74) is 1.68. The Kier molecular flexibility index (Phi) is 8.58. The van der Waals surface area contributed by atoms with Crippen molar-refractivity contribution in [3.8, 4) is 0 Å². The Morgan fingerprint density at radius 2 is 1.44 bits per heavy atom. The van der Waals surface area contributed by atoms with E-state index in [0.29, 0.717) is 29.6 Å². The summed E-state index contributed by atoms with van der Waals surface area (Å²) >= 11 is 0. The van der Waals surface area contributed by atoms with Crippen LogP contribution >= 0.6 is 0 Å². The largest absolute Gasteiger partial charge is 0.414 e. The van der Waals surface area contributed by atoms with E-state index in [1.165, 1.54) is 49.1 Å². The van der Waals surface area contributed by atoms with Crippen LogP contribution in [-0.4, -0.2) is 34.6 Å². The smallest absolute Gasteiger partial charge is 0.192 e. The minimum absolute atomic E-state index is 0.0666. The zero-order chi connectivity index (χ0) is 26.4. The van der Waals surface area contributed by atoms with E-state index in [2.05, 4.69) is 61.5 Å². The van der Waals surface area contributed by atoms with E-state index in [1.807, 2.05) is 0 Å². The van der Waals surface area contributed by atoms with Crippen LogP contribution in [0.4, 0.5) is 0 Å². The van der Waals surface area contributed by atoms with Gasteiger partial charge < -0.3 is 8.85 Å². The minimum Gasteiger partial charge on any atom is -0.414 e. The summed E-state index contributed by atoms with van der Waals surface area (Å²) in [5.74, 6) is 2.41. The molecule has 0 heterocycles. The first-order valence-electron chi connectivity index (χ1n) is 15.7. The van der Waals surface area contributed by atoms with Gasteiger partial charge in [0.1, 0.15) is 5.78 Å². The summed E-state index contributed by atoms with van der Waals surface area (Å²) in [7, 11) is -3.45. The molecule has 2 unspecified atom stereocenters. The van der Waals surface area contributed by atoms with E-state index in [1.54, 1.807) is 5.57 Å². The topological polar surface area (TPSA) is 35.5 Å². The van der Waals surface area contributed by atoms with Crippen molar-refractivity contribution in [3.63, 3.8) is 0 Å². The number of ketones is 1. The highest BCUT2D eigenvalue weighted by molar-refractivity contribution is 6.74. The van der Waals surface area contributed by atoms with Gasteiger partial charge in [0.05, 0.1) is 12.2 Å². The number of carbonyl (C=O) groups excluding carboxylic acids is 1. The zero-order valence-corrected chi connectivity index (χ0v) is 26.9. The van der Waals surface area contributed by atoms with Gasteiger partial charge in [0.15, 0.2) is 16.6 Å². The molecule has 206 valence electrons. The van der Waals surface area contributed by atoms with Gasteiger partial charge in [0, 0.05) is 17.3 Å². The number of hydrogen-bond acceptors (Lipinski definition) is 3. The van der Waals surface area contributed by atoms with E-state index >= 15 is 0 Å². The fraction of sp³-hybridized carbons (Fsp3) is 0.903. The fourth-order valence-corrected chi connectivity index (χ4v) is 15.2. The van der Waals surface area contributed by atoms with Crippen LogP contribution in [0.1, 0.15) is 100 Å². The summed E-state index contributed by atoms with van der Waals surface area (Å²) in [4.78, 5) is 12.9. The molecule has 0 radical (unpaired) electrons. The molecule has 3 saturated carbocycles. The molecule has 0 saturated heterocycles. The van der Waals surface area contributed by atoms with Crippen LogP contribution in [0.15, 0.2) is 11.6 Å². The molecule has 0 aliphatic heterocycles. The maximum atomic E-state index is 12.9. The Bertz CT molecular complexity index is 815. The number of carbonyl (C=O) groups is 1. The van der Waals surface area contributed by atoms with Crippen molar-refractivity contribution >= 4 is 22.4 Å². The van der Waals surface area contributed by atoms with Crippen molar-refractivity contribution in [2.75, 3.05) is 0 Å². The Morgan fingerprint density at radius 3 is 2.03 bits per heavy atom. The van der Waals surface area contributed by atoms with Gasteiger partial charge in [-0.2, -0.15) is 0 Å². The number of hydrogen-bond donors (Lipinski definition) is 0. The lowest BCUT2D eigenvalue weighted by Crippen LogP contribution is -2.59. The van der Waals surface area contributed by atoms with Gasteiger partial charge in [0.2, 0.25) is 0 Å². The molecule has 3 nitrogen and oxygen atoms in total. The van der Waals surface area contributed by atoms with Crippen molar-refractivity contribution < 1.29 is 13.6 Å². The lowest BCUT2D eigenvalue weighted by Gasteiger charge is -2.60. The molecule has 36 heavy (non-hydrogen) atoms. The van der Waals surface area contributed by atoms with E-state index in [-0.39, 0.29) is 16.9 Å². The number of Topliss-reactive ketones (excluding diaryl/α,β-unsaturated/α-hetero) is 1. The maximum absolute atomic E-state index is 12.9. The molecule has 0 aromatic rings. The van der Waals surface area contributed by atoms with Gasteiger partial charge in [-0.05, 0) is 92.5 Å². The molecule has 7 atom stereocenters. The van der Waals surface area contributed by atoms with Gasteiger partial charge in [0.25, 0.3) is 0 Å². The monoisotopic (exact) mass is 532 g/mol. The van der Waals surface area contributed by atoms with E-state index in [0.717, 1.165) is 32.1 Å². The minimum atomic E-state index is -1.78. The van der Waals surface area contributed by atoms with Crippen molar-refractivity contribution in [1.82, 2.24) is 0 Å². The maximum Gasteiger partial charge on any atom is 0.192 e. The van der Waals surface area contributed by atoms with Crippen LogP contribution in [0.25, 0.3) is 0 Å². The second kappa shape index (κ2) is 10.7.